The number of thiophene rings is 1. The Bertz CT molecular complexity index is 263. The molecule has 1 unspecified atom stereocenters. The highest BCUT2D eigenvalue weighted by Crippen LogP contribution is 2.16. The van der Waals surface area contributed by atoms with Crippen LogP contribution in [0.25, 0.3) is 0 Å². The zero-order valence-electron chi connectivity index (χ0n) is 9.41. The summed E-state index contributed by atoms with van der Waals surface area (Å²) < 4.78 is 0. The summed E-state index contributed by atoms with van der Waals surface area (Å²) in [5.74, 6) is 0. The third-order valence-electron chi connectivity index (χ3n) is 3.18. The summed E-state index contributed by atoms with van der Waals surface area (Å²) in [6.07, 6.45) is 3.95. The highest BCUT2D eigenvalue weighted by atomic mass is 32.1. The summed E-state index contributed by atoms with van der Waals surface area (Å²) >= 11 is 1.79. The quantitative estimate of drug-likeness (QED) is 0.847. The molecule has 84 valence electrons. The topological polar surface area (TPSA) is 15.3 Å². The third kappa shape index (κ3) is 3.30. The molecule has 1 fully saturated rings. The van der Waals surface area contributed by atoms with E-state index in [0.717, 1.165) is 12.6 Å². The number of hydrogen-bond acceptors (Lipinski definition) is 3. The smallest absolute Gasteiger partial charge is 0.0241 e. The van der Waals surface area contributed by atoms with Crippen molar-refractivity contribution in [2.24, 2.45) is 0 Å². The van der Waals surface area contributed by atoms with E-state index in [2.05, 4.69) is 34.1 Å². The van der Waals surface area contributed by atoms with Crippen molar-refractivity contribution in [2.75, 3.05) is 20.1 Å². The molecule has 0 radical (unpaired) electrons. The largest absolute Gasteiger partial charge is 0.317 e. The summed E-state index contributed by atoms with van der Waals surface area (Å²) in [6.45, 7) is 3.48. The molecular formula is C12H20N2S. The molecule has 0 amide bonds. The second-order valence-corrected chi connectivity index (χ2v) is 5.16. The fraction of sp³-hybridized carbons (Fsp3) is 0.667. The van der Waals surface area contributed by atoms with Gasteiger partial charge in [-0.15, -0.1) is 0 Å². The first-order valence-corrected chi connectivity index (χ1v) is 6.72. The van der Waals surface area contributed by atoms with E-state index in [1.165, 1.54) is 37.9 Å². The average molecular weight is 224 g/mol. The van der Waals surface area contributed by atoms with E-state index >= 15 is 0 Å². The minimum Gasteiger partial charge on any atom is -0.317 e. The molecule has 3 heteroatoms. The molecule has 1 aromatic rings. The van der Waals surface area contributed by atoms with Crippen LogP contribution in [0.4, 0.5) is 0 Å². The number of nitrogens with one attached hydrogen (secondary N) is 1. The van der Waals surface area contributed by atoms with Crippen LogP contribution in [0.2, 0.25) is 0 Å². The molecule has 1 aliphatic rings. The second-order valence-electron chi connectivity index (χ2n) is 4.38. The molecule has 0 aromatic carbocycles. The van der Waals surface area contributed by atoms with E-state index in [1.807, 2.05) is 0 Å². The molecule has 0 spiro atoms. The van der Waals surface area contributed by atoms with E-state index in [0.29, 0.717) is 0 Å². The maximum Gasteiger partial charge on any atom is 0.0241 e. The van der Waals surface area contributed by atoms with Gasteiger partial charge in [0.2, 0.25) is 0 Å². The van der Waals surface area contributed by atoms with Crippen molar-refractivity contribution in [3.05, 3.63) is 22.4 Å². The van der Waals surface area contributed by atoms with E-state index in [9.17, 15) is 0 Å². The first kappa shape index (κ1) is 11.1. The van der Waals surface area contributed by atoms with E-state index < -0.39 is 0 Å². The SMILES string of the molecule is CN(Cc1ccsc1)C1CCCNCC1. The van der Waals surface area contributed by atoms with Crippen molar-refractivity contribution in [1.29, 1.82) is 0 Å². The highest BCUT2D eigenvalue weighted by molar-refractivity contribution is 7.07. The van der Waals surface area contributed by atoms with Crippen LogP contribution in [-0.2, 0) is 6.54 Å². The van der Waals surface area contributed by atoms with Crippen LogP contribution in [0.1, 0.15) is 24.8 Å². The molecular weight excluding hydrogens is 204 g/mol. The Morgan fingerprint density at radius 3 is 3.20 bits per heavy atom. The van der Waals surface area contributed by atoms with E-state index in [4.69, 9.17) is 0 Å². The number of rotatable bonds is 3. The third-order valence-corrected chi connectivity index (χ3v) is 3.91. The minimum absolute atomic E-state index is 0.764. The van der Waals surface area contributed by atoms with Crippen molar-refractivity contribution in [1.82, 2.24) is 10.2 Å². The summed E-state index contributed by atoms with van der Waals surface area (Å²) in [4.78, 5) is 2.51. The Morgan fingerprint density at radius 1 is 1.47 bits per heavy atom. The molecule has 1 aromatic heterocycles. The van der Waals surface area contributed by atoms with E-state index in [-0.39, 0.29) is 0 Å². The van der Waals surface area contributed by atoms with Gasteiger partial charge >= 0.3 is 0 Å². The Balaban J connectivity index is 1.86. The first-order chi connectivity index (χ1) is 7.36. The minimum atomic E-state index is 0.764. The maximum atomic E-state index is 3.47. The van der Waals surface area contributed by atoms with Crippen molar-refractivity contribution in [2.45, 2.75) is 31.8 Å². The lowest BCUT2D eigenvalue weighted by molar-refractivity contribution is 0.217. The van der Waals surface area contributed by atoms with Crippen molar-refractivity contribution < 1.29 is 0 Å². The lowest BCUT2D eigenvalue weighted by atomic mass is 10.1. The van der Waals surface area contributed by atoms with Crippen LogP contribution in [0.3, 0.4) is 0 Å². The van der Waals surface area contributed by atoms with Crippen molar-refractivity contribution in [3.63, 3.8) is 0 Å². The van der Waals surface area contributed by atoms with Gasteiger partial charge < -0.3 is 5.32 Å². The van der Waals surface area contributed by atoms with Gasteiger partial charge in [-0.3, -0.25) is 4.90 Å². The normalized spacial score (nSPS) is 22.9. The van der Waals surface area contributed by atoms with Crippen molar-refractivity contribution in [3.8, 4) is 0 Å². The van der Waals surface area contributed by atoms with Gasteiger partial charge in [-0.25, -0.2) is 0 Å². The molecule has 1 atom stereocenters. The van der Waals surface area contributed by atoms with Gasteiger partial charge in [-0.05, 0) is 61.8 Å². The molecule has 2 rings (SSSR count). The summed E-state index contributed by atoms with van der Waals surface area (Å²) in [7, 11) is 2.26. The van der Waals surface area contributed by atoms with E-state index in [1.54, 1.807) is 11.3 Å². The molecule has 15 heavy (non-hydrogen) atoms. The van der Waals surface area contributed by atoms with Gasteiger partial charge in [0, 0.05) is 12.6 Å². The zero-order valence-corrected chi connectivity index (χ0v) is 10.2. The lowest BCUT2D eigenvalue weighted by Gasteiger charge is -2.26. The molecule has 0 saturated carbocycles. The van der Waals surface area contributed by atoms with Gasteiger partial charge in [-0.1, -0.05) is 0 Å². The van der Waals surface area contributed by atoms with Crippen molar-refractivity contribution >= 4 is 11.3 Å². The van der Waals surface area contributed by atoms with Crippen LogP contribution in [0.15, 0.2) is 16.8 Å². The molecule has 0 aliphatic carbocycles. The number of nitrogens with zero attached hydrogens (tertiary/aromatic N) is 1. The van der Waals surface area contributed by atoms with Gasteiger partial charge in [0.1, 0.15) is 0 Å². The van der Waals surface area contributed by atoms with Crippen LogP contribution in [-0.4, -0.2) is 31.1 Å². The second kappa shape index (κ2) is 5.64. The van der Waals surface area contributed by atoms with Crippen LogP contribution in [0.5, 0.6) is 0 Å². The number of hydrogen-bond donors (Lipinski definition) is 1. The Hall–Kier alpha value is -0.380. The summed E-state index contributed by atoms with van der Waals surface area (Å²) in [6, 6.07) is 3.00. The Kier molecular flexibility index (Phi) is 4.18. The van der Waals surface area contributed by atoms with Gasteiger partial charge in [0.05, 0.1) is 0 Å². The predicted molar refractivity (Wildman–Crippen MR) is 66.3 cm³/mol. The van der Waals surface area contributed by atoms with Crippen LogP contribution < -0.4 is 5.32 Å². The van der Waals surface area contributed by atoms with Gasteiger partial charge in [0.15, 0.2) is 0 Å². The zero-order chi connectivity index (χ0) is 10.5. The standard InChI is InChI=1S/C12H20N2S/c1-14(9-11-5-8-15-10-11)12-3-2-6-13-7-4-12/h5,8,10,12-13H,2-4,6-7,9H2,1H3. The fourth-order valence-electron chi connectivity index (χ4n) is 2.24. The fourth-order valence-corrected chi connectivity index (χ4v) is 2.90. The Morgan fingerprint density at radius 2 is 2.40 bits per heavy atom. The molecule has 2 nitrogen and oxygen atoms in total. The predicted octanol–water partition coefficient (Wildman–Crippen LogP) is 2.32. The highest BCUT2D eigenvalue weighted by Gasteiger charge is 2.16. The molecule has 1 N–H and O–H groups in total. The first-order valence-electron chi connectivity index (χ1n) is 5.78. The van der Waals surface area contributed by atoms with Crippen LogP contribution >= 0.6 is 11.3 Å². The van der Waals surface area contributed by atoms with Crippen LogP contribution in [0, 0.1) is 0 Å². The van der Waals surface area contributed by atoms with Gasteiger partial charge in [0.25, 0.3) is 0 Å². The monoisotopic (exact) mass is 224 g/mol. The molecule has 0 bridgehead atoms. The Labute approximate surface area is 96.3 Å². The molecule has 1 aliphatic heterocycles. The molecule has 1 saturated heterocycles. The maximum absolute atomic E-state index is 3.47. The average Bonchev–Trinajstić information content (AvgIpc) is 2.58. The molecule has 2 heterocycles. The summed E-state index contributed by atoms with van der Waals surface area (Å²) in [5, 5.41) is 7.89. The van der Waals surface area contributed by atoms with Gasteiger partial charge in [-0.2, -0.15) is 11.3 Å². The summed E-state index contributed by atoms with van der Waals surface area (Å²) in [5.41, 5.74) is 1.46. The lowest BCUT2D eigenvalue weighted by Crippen LogP contribution is -2.31.